The number of hydrogen-bond donors (Lipinski definition) is 1. The molecule has 0 bridgehead atoms. The van der Waals surface area contributed by atoms with Crippen molar-refractivity contribution in [3.05, 3.63) is 29.8 Å². The van der Waals surface area contributed by atoms with Crippen molar-refractivity contribution in [3.8, 4) is 0 Å². The van der Waals surface area contributed by atoms with E-state index in [0.29, 0.717) is 12.1 Å². The lowest BCUT2D eigenvalue weighted by molar-refractivity contribution is 0.148. The molecule has 1 heterocycles. The zero-order chi connectivity index (χ0) is 15.3. The zero-order valence-corrected chi connectivity index (χ0v) is 13.7. The van der Waals surface area contributed by atoms with E-state index in [9.17, 15) is 8.42 Å². The fourth-order valence-corrected chi connectivity index (χ4v) is 3.62. The summed E-state index contributed by atoms with van der Waals surface area (Å²) in [5.74, 6) is 0.162. The molecule has 0 atom stereocenters. The Morgan fingerprint density at radius 3 is 2.57 bits per heavy atom. The number of rotatable bonds is 6. The van der Waals surface area contributed by atoms with Crippen LogP contribution in [0.1, 0.15) is 18.9 Å². The predicted octanol–water partition coefficient (Wildman–Crippen LogP) is 1.59. The van der Waals surface area contributed by atoms with Gasteiger partial charge in [0, 0.05) is 38.4 Å². The van der Waals surface area contributed by atoms with Gasteiger partial charge in [-0.05, 0) is 31.2 Å². The molecule has 0 radical (unpaired) electrons. The molecule has 0 aliphatic carbocycles. The SMILES string of the molecule is CCCS(=O)(=O)Nc1cccc(CN2CCN(C)CC2)c1. The average molecular weight is 311 g/mol. The lowest BCUT2D eigenvalue weighted by Crippen LogP contribution is -2.43. The molecule has 118 valence electrons. The third-order valence-corrected chi connectivity index (χ3v) is 5.17. The Balaban J connectivity index is 1.98. The third-order valence-electron chi connectivity index (χ3n) is 3.68. The fourth-order valence-electron chi connectivity index (χ4n) is 2.50. The molecule has 1 saturated heterocycles. The first-order valence-corrected chi connectivity index (χ1v) is 9.14. The van der Waals surface area contributed by atoms with E-state index >= 15 is 0 Å². The lowest BCUT2D eigenvalue weighted by Gasteiger charge is -2.32. The van der Waals surface area contributed by atoms with Gasteiger partial charge in [0.2, 0.25) is 10.0 Å². The van der Waals surface area contributed by atoms with Crippen LogP contribution in [0.3, 0.4) is 0 Å². The molecular weight excluding hydrogens is 286 g/mol. The molecule has 1 aromatic carbocycles. The Bertz CT molecular complexity index is 552. The number of sulfonamides is 1. The van der Waals surface area contributed by atoms with Crippen molar-refractivity contribution in [3.63, 3.8) is 0 Å². The summed E-state index contributed by atoms with van der Waals surface area (Å²) in [6.07, 6.45) is 0.621. The zero-order valence-electron chi connectivity index (χ0n) is 12.9. The highest BCUT2D eigenvalue weighted by atomic mass is 32.2. The van der Waals surface area contributed by atoms with Gasteiger partial charge >= 0.3 is 0 Å². The summed E-state index contributed by atoms with van der Waals surface area (Å²) in [5, 5.41) is 0. The smallest absolute Gasteiger partial charge is 0.232 e. The maximum Gasteiger partial charge on any atom is 0.232 e. The fraction of sp³-hybridized carbons (Fsp3) is 0.600. The van der Waals surface area contributed by atoms with Crippen LogP contribution in [0.5, 0.6) is 0 Å². The number of benzene rings is 1. The van der Waals surface area contributed by atoms with E-state index in [-0.39, 0.29) is 5.75 Å². The molecule has 0 aromatic heterocycles. The second-order valence-corrected chi connectivity index (χ2v) is 7.54. The average Bonchev–Trinajstić information content (AvgIpc) is 2.41. The number of nitrogens with one attached hydrogen (secondary N) is 1. The summed E-state index contributed by atoms with van der Waals surface area (Å²) in [6.45, 7) is 7.02. The maximum absolute atomic E-state index is 11.8. The molecule has 1 aliphatic rings. The van der Waals surface area contributed by atoms with Gasteiger partial charge in [-0.1, -0.05) is 19.1 Å². The van der Waals surface area contributed by atoms with Crippen LogP contribution in [0.4, 0.5) is 5.69 Å². The Morgan fingerprint density at radius 2 is 1.90 bits per heavy atom. The highest BCUT2D eigenvalue weighted by molar-refractivity contribution is 7.92. The van der Waals surface area contributed by atoms with Crippen molar-refractivity contribution in [2.75, 3.05) is 43.7 Å². The Kier molecular flexibility index (Phi) is 5.61. The van der Waals surface area contributed by atoms with Gasteiger partial charge in [-0.2, -0.15) is 0 Å². The van der Waals surface area contributed by atoms with Gasteiger partial charge < -0.3 is 4.90 Å². The molecule has 0 unspecified atom stereocenters. The normalized spacial score (nSPS) is 17.8. The molecular formula is C15H25N3O2S. The standard InChI is InChI=1S/C15H25N3O2S/c1-3-11-21(19,20)16-15-6-4-5-14(12-15)13-18-9-7-17(2)8-10-18/h4-6,12,16H,3,7-11,13H2,1-2H3. The van der Waals surface area contributed by atoms with Crippen molar-refractivity contribution < 1.29 is 8.42 Å². The highest BCUT2D eigenvalue weighted by Gasteiger charge is 2.14. The number of anilines is 1. The van der Waals surface area contributed by atoms with Crippen molar-refractivity contribution in [2.45, 2.75) is 19.9 Å². The van der Waals surface area contributed by atoms with Crippen LogP contribution in [-0.2, 0) is 16.6 Å². The van der Waals surface area contributed by atoms with Crippen LogP contribution in [0.2, 0.25) is 0 Å². The molecule has 0 spiro atoms. The molecule has 0 saturated carbocycles. The summed E-state index contributed by atoms with van der Waals surface area (Å²) in [6, 6.07) is 7.71. The van der Waals surface area contributed by atoms with E-state index in [2.05, 4.69) is 27.6 Å². The van der Waals surface area contributed by atoms with Gasteiger partial charge in [-0.15, -0.1) is 0 Å². The topological polar surface area (TPSA) is 52.7 Å². The van der Waals surface area contributed by atoms with Crippen LogP contribution >= 0.6 is 0 Å². The Morgan fingerprint density at radius 1 is 1.19 bits per heavy atom. The molecule has 21 heavy (non-hydrogen) atoms. The second kappa shape index (κ2) is 7.24. The molecule has 5 nitrogen and oxygen atoms in total. The molecule has 0 amide bonds. The number of piperazine rings is 1. The summed E-state index contributed by atoms with van der Waals surface area (Å²) >= 11 is 0. The Hall–Kier alpha value is -1.11. The summed E-state index contributed by atoms with van der Waals surface area (Å²) in [4.78, 5) is 4.73. The molecule has 2 rings (SSSR count). The van der Waals surface area contributed by atoms with Crippen molar-refractivity contribution in [1.82, 2.24) is 9.80 Å². The van der Waals surface area contributed by atoms with E-state index in [0.717, 1.165) is 38.3 Å². The minimum atomic E-state index is -3.21. The van der Waals surface area contributed by atoms with Gasteiger partial charge in [0.1, 0.15) is 0 Å². The second-order valence-electron chi connectivity index (χ2n) is 5.70. The quantitative estimate of drug-likeness (QED) is 0.867. The first kappa shape index (κ1) is 16.3. The van der Waals surface area contributed by atoms with E-state index in [1.807, 2.05) is 19.1 Å². The van der Waals surface area contributed by atoms with Gasteiger partial charge in [0.15, 0.2) is 0 Å². The summed E-state index contributed by atoms with van der Waals surface area (Å²) in [5.41, 5.74) is 1.81. The van der Waals surface area contributed by atoms with Crippen LogP contribution in [0, 0.1) is 0 Å². The third kappa shape index (κ3) is 5.30. The summed E-state index contributed by atoms with van der Waals surface area (Å²) < 4.78 is 26.3. The molecule has 1 N–H and O–H groups in total. The van der Waals surface area contributed by atoms with E-state index in [1.54, 1.807) is 6.07 Å². The first-order valence-electron chi connectivity index (χ1n) is 7.49. The number of likely N-dealkylation sites (N-methyl/N-ethyl adjacent to an activating group) is 1. The van der Waals surface area contributed by atoms with E-state index in [4.69, 9.17) is 0 Å². The molecule has 1 aromatic rings. The van der Waals surface area contributed by atoms with Gasteiger partial charge in [0.05, 0.1) is 5.75 Å². The van der Waals surface area contributed by atoms with Crippen LogP contribution in [-0.4, -0.2) is 57.2 Å². The number of hydrogen-bond acceptors (Lipinski definition) is 4. The molecule has 6 heteroatoms. The van der Waals surface area contributed by atoms with E-state index < -0.39 is 10.0 Å². The van der Waals surface area contributed by atoms with E-state index in [1.165, 1.54) is 0 Å². The minimum absolute atomic E-state index is 0.162. The largest absolute Gasteiger partial charge is 0.304 e. The highest BCUT2D eigenvalue weighted by Crippen LogP contribution is 2.15. The van der Waals surface area contributed by atoms with Crippen LogP contribution < -0.4 is 4.72 Å². The van der Waals surface area contributed by atoms with Crippen LogP contribution in [0.15, 0.2) is 24.3 Å². The monoisotopic (exact) mass is 311 g/mol. The van der Waals surface area contributed by atoms with Crippen molar-refractivity contribution >= 4 is 15.7 Å². The predicted molar refractivity (Wildman–Crippen MR) is 86.9 cm³/mol. The molecule has 1 fully saturated rings. The first-order chi connectivity index (χ1) is 9.98. The lowest BCUT2D eigenvalue weighted by atomic mass is 10.2. The van der Waals surface area contributed by atoms with Crippen molar-refractivity contribution in [1.29, 1.82) is 0 Å². The van der Waals surface area contributed by atoms with Crippen LogP contribution in [0.25, 0.3) is 0 Å². The summed E-state index contributed by atoms with van der Waals surface area (Å²) in [7, 11) is -1.07. The van der Waals surface area contributed by atoms with Gasteiger partial charge in [-0.3, -0.25) is 9.62 Å². The number of nitrogens with zero attached hydrogens (tertiary/aromatic N) is 2. The van der Waals surface area contributed by atoms with Gasteiger partial charge in [-0.25, -0.2) is 8.42 Å². The van der Waals surface area contributed by atoms with Crippen molar-refractivity contribution in [2.24, 2.45) is 0 Å². The molecule has 1 aliphatic heterocycles. The minimum Gasteiger partial charge on any atom is -0.304 e. The van der Waals surface area contributed by atoms with Gasteiger partial charge in [0.25, 0.3) is 0 Å². The maximum atomic E-state index is 11.8. The Labute approximate surface area is 128 Å².